The monoisotopic (exact) mass is 426 g/mol. The Kier molecular flexibility index (Phi) is 4.96. The molecule has 1 aromatic heterocycles. The highest BCUT2D eigenvalue weighted by Gasteiger charge is 2.39. The molecule has 0 radical (unpaired) electrons. The first kappa shape index (κ1) is 19.9. The molecular weight excluding hydrogens is 421 g/mol. The number of aromatic nitrogens is 2. The summed E-state index contributed by atoms with van der Waals surface area (Å²) in [7, 11) is 0. The zero-order valence-corrected chi connectivity index (χ0v) is 14.0. The molecule has 2 aromatic carbocycles. The van der Waals surface area contributed by atoms with E-state index in [9.17, 15) is 30.7 Å². The van der Waals surface area contributed by atoms with Gasteiger partial charge in [0, 0.05) is 6.07 Å². The van der Waals surface area contributed by atoms with Crippen LogP contribution in [0.5, 0.6) is 11.5 Å². The number of rotatable bonds is 3. The average molecular weight is 427 g/mol. The fourth-order valence-corrected chi connectivity index (χ4v) is 2.40. The molecule has 4 nitrogen and oxygen atoms in total. The topological polar surface area (TPSA) is 48.2 Å². The van der Waals surface area contributed by atoms with Crippen molar-refractivity contribution in [3.63, 3.8) is 0 Å². The van der Waals surface area contributed by atoms with E-state index in [1.54, 1.807) is 0 Å². The third-order valence-corrected chi connectivity index (χ3v) is 3.66. The van der Waals surface area contributed by atoms with E-state index in [1.807, 2.05) is 0 Å². The molecule has 12 heteroatoms. The van der Waals surface area contributed by atoms with E-state index in [2.05, 4.69) is 14.7 Å². The van der Waals surface area contributed by atoms with Gasteiger partial charge in [-0.25, -0.2) is 4.39 Å². The van der Waals surface area contributed by atoms with Crippen LogP contribution in [0.15, 0.2) is 40.9 Å². The molecule has 0 N–H and O–H groups in total. The van der Waals surface area contributed by atoms with Gasteiger partial charge in [-0.2, -0.15) is 31.3 Å². The van der Waals surface area contributed by atoms with E-state index < -0.39 is 51.8 Å². The van der Waals surface area contributed by atoms with Gasteiger partial charge in [0.25, 0.3) is 0 Å². The smallest absolute Gasteiger partial charge is 0.454 e. The van der Waals surface area contributed by atoms with Crippen LogP contribution in [0.4, 0.5) is 30.7 Å². The predicted octanol–water partition coefficient (Wildman–Crippen LogP) is 6.36. The van der Waals surface area contributed by atoms with Crippen LogP contribution in [0.25, 0.3) is 11.4 Å². The van der Waals surface area contributed by atoms with Crippen LogP contribution >= 0.6 is 11.6 Å². The first-order valence-electron chi connectivity index (χ1n) is 7.21. The number of nitrogens with zero attached hydrogens (tertiary/aromatic N) is 2. The Hall–Kier alpha value is -2.82. The Morgan fingerprint density at radius 1 is 0.964 bits per heavy atom. The molecular formula is C16H6ClF7N2O2. The molecule has 0 saturated heterocycles. The van der Waals surface area contributed by atoms with Crippen molar-refractivity contribution >= 4 is 11.6 Å². The fourth-order valence-electron chi connectivity index (χ4n) is 2.13. The molecule has 1 heterocycles. The van der Waals surface area contributed by atoms with Gasteiger partial charge >= 0.3 is 18.2 Å². The summed E-state index contributed by atoms with van der Waals surface area (Å²) in [6.07, 6.45) is -9.59. The molecule has 0 amide bonds. The molecule has 0 saturated carbocycles. The van der Waals surface area contributed by atoms with Gasteiger partial charge in [0.2, 0.25) is 5.82 Å². The second-order valence-electron chi connectivity index (χ2n) is 5.28. The summed E-state index contributed by atoms with van der Waals surface area (Å²) in [5.41, 5.74) is -1.57. The molecule has 0 spiro atoms. The van der Waals surface area contributed by atoms with Gasteiger partial charge in [-0.05, 0) is 24.3 Å². The Balaban J connectivity index is 1.92. The largest absolute Gasteiger partial charge is 0.471 e. The number of hydrogen-bond acceptors (Lipinski definition) is 4. The van der Waals surface area contributed by atoms with Crippen LogP contribution in [0.3, 0.4) is 0 Å². The third kappa shape index (κ3) is 4.03. The maximum Gasteiger partial charge on any atom is 0.471 e. The standard InChI is InChI=1S/C16H6ClF7N2O2/c17-10-6-7(4-5-9(10)15(19,20)21)27-11-3-1-2-8(12(11)18)13-25-14(28-26-13)16(22,23)24/h1-6H. The minimum Gasteiger partial charge on any atom is -0.454 e. The van der Waals surface area contributed by atoms with Gasteiger partial charge in [0.1, 0.15) is 5.75 Å². The van der Waals surface area contributed by atoms with Crippen LogP contribution < -0.4 is 4.74 Å². The van der Waals surface area contributed by atoms with Gasteiger partial charge in [-0.3, -0.25) is 0 Å². The highest BCUT2D eigenvalue weighted by molar-refractivity contribution is 6.31. The van der Waals surface area contributed by atoms with Gasteiger partial charge in [0.05, 0.1) is 16.1 Å². The SMILES string of the molecule is Fc1c(Oc2ccc(C(F)(F)F)c(Cl)c2)cccc1-c1noc(C(F)(F)F)n1. The Morgan fingerprint density at radius 2 is 1.68 bits per heavy atom. The van der Waals surface area contributed by atoms with E-state index in [0.717, 1.165) is 24.3 Å². The molecule has 0 atom stereocenters. The average Bonchev–Trinajstić information content (AvgIpc) is 3.06. The summed E-state index contributed by atoms with van der Waals surface area (Å²) >= 11 is 5.56. The van der Waals surface area contributed by atoms with Crippen molar-refractivity contribution in [3.8, 4) is 22.9 Å². The van der Waals surface area contributed by atoms with Crippen molar-refractivity contribution < 1.29 is 40.0 Å². The summed E-state index contributed by atoms with van der Waals surface area (Å²) in [4.78, 5) is 3.07. The molecule has 28 heavy (non-hydrogen) atoms. The molecule has 148 valence electrons. The maximum atomic E-state index is 14.6. The lowest BCUT2D eigenvalue weighted by Gasteiger charge is -2.12. The number of hydrogen-bond donors (Lipinski definition) is 0. The van der Waals surface area contributed by atoms with Gasteiger partial charge < -0.3 is 9.26 Å². The third-order valence-electron chi connectivity index (χ3n) is 3.35. The van der Waals surface area contributed by atoms with Gasteiger partial charge in [-0.15, -0.1) is 0 Å². The summed E-state index contributed by atoms with van der Waals surface area (Å²) in [6.45, 7) is 0. The second kappa shape index (κ2) is 6.97. The molecule has 0 unspecified atom stereocenters. The quantitative estimate of drug-likeness (QED) is 0.457. The van der Waals surface area contributed by atoms with Crippen LogP contribution in [-0.2, 0) is 12.4 Å². The molecule has 0 aliphatic rings. The Morgan fingerprint density at radius 3 is 2.25 bits per heavy atom. The molecule has 0 aliphatic carbocycles. The van der Waals surface area contributed by atoms with Crippen LogP contribution in [-0.4, -0.2) is 10.1 Å². The van der Waals surface area contributed by atoms with Crippen LogP contribution in [0.1, 0.15) is 11.5 Å². The van der Waals surface area contributed by atoms with E-state index in [4.69, 9.17) is 16.3 Å². The molecule has 0 fully saturated rings. The lowest BCUT2D eigenvalue weighted by molar-refractivity contribution is -0.159. The van der Waals surface area contributed by atoms with Gasteiger partial charge in [-0.1, -0.05) is 22.8 Å². The summed E-state index contributed by atoms with van der Waals surface area (Å²) < 4.78 is 99.5. The number of benzene rings is 2. The Bertz CT molecular complexity index is 1010. The van der Waals surface area contributed by atoms with Crippen molar-refractivity contribution in [2.75, 3.05) is 0 Å². The fraction of sp³-hybridized carbons (Fsp3) is 0.125. The lowest BCUT2D eigenvalue weighted by atomic mass is 10.2. The van der Waals surface area contributed by atoms with E-state index >= 15 is 0 Å². The van der Waals surface area contributed by atoms with Gasteiger partial charge in [0.15, 0.2) is 11.6 Å². The molecule has 3 aromatic rings. The summed E-state index contributed by atoms with van der Waals surface area (Å²) in [5.74, 6) is -4.21. The maximum absolute atomic E-state index is 14.6. The van der Waals surface area contributed by atoms with E-state index in [-0.39, 0.29) is 5.75 Å². The molecule has 3 rings (SSSR count). The summed E-state index contributed by atoms with van der Waals surface area (Å²) in [6, 6.07) is 5.79. The zero-order chi connectivity index (χ0) is 20.7. The second-order valence-corrected chi connectivity index (χ2v) is 5.69. The van der Waals surface area contributed by atoms with Crippen molar-refractivity contribution in [3.05, 3.63) is 58.7 Å². The predicted molar refractivity (Wildman–Crippen MR) is 81.2 cm³/mol. The van der Waals surface area contributed by atoms with Crippen molar-refractivity contribution in [1.82, 2.24) is 10.1 Å². The van der Waals surface area contributed by atoms with Crippen molar-refractivity contribution in [1.29, 1.82) is 0 Å². The Labute approximate surface area is 156 Å². The van der Waals surface area contributed by atoms with Crippen LogP contribution in [0.2, 0.25) is 5.02 Å². The highest BCUT2D eigenvalue weighted by atomic mass is 35.5. The zero-order valence-electron chi connectivity index (χ0n) is 13.2. The number of alkyl halides is 6. The van der Waals surface area contributed by atoms with Crippen LogP contribution in [0, 0.1) is 5.82 Å². The number of ether oxygens (including phenoxy) is 1. The first-order valence-corrected chi connectivity index (χ1v) is 7.59. The van der Waals surface area contributed by atoms with Crippen molar-refractivity contribution in [2.24, 2.45) is 0 Å². The van der Waals surface area contributed by atoms with E-state index in [1.165, 1.54) is 6.07 Å². The van der Waals surface area contributed by atoms with E-state index in [0.29, 0.717) is 6.07 Å². The number of halogens is 8. The first-order chi connectivity index (χ1) is 13.0. The molecule has 0 bridgehead atoms. The molecule has 0 aliphatic heterocycles. The summed E-state index contributed by atoms with van der Waals surface area (Å²) in [5, 5.41) is 2.40. The highest BCUT2D eigenvalue weighted by Crippen LogP contribution is 2.38. The normalized spacial score (nSPS) is 12.3. The minimum absolute atomic E-state index is 0.224. The van der Waals surface area contributed by atoms with Crippen molar-refractivity contribution in [2.45, 2.75) is 12.4 Å². The minimum atomic E-state index is -4.91. The lowest BCUT2D eigenvalue weighted by Crippen LogP contribution is -2.05.